The van der Waals surface area contributed by atoms with Gasteiger partial charge in [-0.1, -0.05) is 19.9 Å². The Morgan fingerprint density at radius 1 is 1.36 bits per heavy atom. The van der Waals surface area contributed by atoms with Crippen LogP contribution in [-0.2, 0) is 6.54 Å². The smallest absolute Gasteiger partial charge is 0.137 e. The molecule has 0 radical (unpaired) electrons. The summed E-state index contributed by atoms with van der Waals surface area (Å²) in [4.78, 5) is 4.55. The number of hydrogen-bond acceptors (Lipinski definition) is 5. The number of pyridine rings is 1. The summed E-state index contributed by atoms with van der Waals surface area (Å²) in [5.74, 6) is 6.60. The van der Waals surface area contributed by atoms with Gasteiger partial charge in [0.2, 0.25) is 0 Å². The van der Waals surface area contributed by atoms with Crippen LogP contribution >= 0.6 is 0 Å². The Hall–Kier alpha value is -2.05. The van der Waals surface area contributed by atoms with Gasteiger partial charge >= 0.3 is 0 Å². The van der Waals surface area contributed by atoms with E-state index >= 15 is 0 Å². The van der Waals surface area contributed by atoms with Crippen LogP contribution in [0, 0.1) is 0 Å². The highest BCUT2D eigenvalue weighted by atomic mass is 15.4. The van der Waals surface area contributed by atoms with Crippen LogP contribution in [0.25, 0.3) is 5.65 Å². The molecule has 0 amide bonds. The van der Waals surface area contributed by atoms with Crippen LogP contribution in [0.5, 0.6) is 0 Å². The summed E-state index contributed by atoms with van der Waals surface area (Å²) < 4.78 is 2.06. The third-order valence-corrected chi connectivity index (χ3v) is 3.48. The second-order valence-electron chi connectivity index (χ2n) is 5.31. The van der Waals surface area contributed by atoms with E-state index in [1.54, 1.807) is 6.20 Å². The van der Waals surface area contributed by atoms with Gasteiger partial charge in [-0.3, -0.25) is 0 Å². The van der Waals surface area contributed by atoms with Crippen molar-refractivity contribution >= 4 is 5.65 Å². The molecular formula is C16H26N6. The maximum absolute atomic E-state index is 5.86. The lowest BCUT2D eigenvalue weighted by Gasteiger charge is -2.12. The molecule has 2 aromatic rings. The predicted octanol–water partition coefficient (Wildman–Crippen LogP) is 1.67. The first kappa shape index (κ1) is 16.3. The Morgan fingerprint density at radius 3 is 2.73 bits per heavy atom. The monoisotopic (exact) mass is 302 g/mol. The van der Waals surface area contributed by atoms with Crippen LogP contribution in [0.3, 0.4) is 0 Å². The zero-order valence-electron chi connectivity index (χ0n) is 13.4. The molecule has 1 saturated carbocycles. The first-order valence-electron chi connectivity index (χ1n) is 7.81. The average molecular weight is 302 g/mol. The molecule has 6 N–H and O–H groups in total. The van der Waals surface area contributed by atoms with Gasteiger partial charge in [0.05, 0.1) is 12.2 Å². The lowest BCUT2D eigenvalue weighted by Crippen LogP contribution is -2.27. The van der Waals surface area contributed by atoms with E-state index in [4.69, 9.17) is 17.3 Å². The van der Waals surface area contributed by atoms with Crippen molar-refractivity contribution < 1.29 is 0 Å². The van der Waals surface area contributed by atoms with Crippen molar-refractivity contribution in [3.8, 4) is 0 Å². The SMILES string of the molecule is CC.NC/C(N)=C/N(N)Cc1cn2cc(C3CC3)ccc2n1. The summed E-state index contributed by atoms with van der Waals surface area (Å²) in [5.41, 5.74) is 14.9. The Morgan fingerprint density at radius 2 is 2.09 bits per heavy atom. The highest BCUT2D eigenvalue weighted by molar-refractivity contribution is 5.42. The standard InChI is InChI=1S/C14H20N6.C2H6/c15-5-12(16)7-20(17)9-13-8-19-6-11(10-1-2-10)3-4-14(19)18-13;1-2/h3-4,6-8,10H,1-2,5,9,15-17H2;1-2H3/b12-7-;. The molecule has 0 bridgehead atoms. The molecule has 0 unspecified atom stereocenters. The van der Waals surface area contributed by atoms with Gasteiger partial charge < -0.3 is 20.9 Å². The molecular weight excluding hydrogens is 276 g/mol. The Kier molecular flexibility index (Phi) is 5.41. The van der Waals surface area contributed by atoms with Gasteiger partial charge in [-0.05, 0) is 30.4 Å². The molecule has 0 spiro atoms. The van der Waals surface area contributed by atoms with Crippen molar-refractivity contribution in [1.82, 2.24) is 14.4 Å². The highest BCUT2D eigenvalue weighted by Gasteiger charge is 2.23. The van der Waals surface area contributed by atoms with Crippen LogP contribution in [0.4, 0.5) is 0 Å². The predicted molar refractivity (Wildman–Crippen MR) is 89.6 cm³/mol. The third-order valence-electron chi connectivity index (χ3n) is 3.48. The molecule has 0 atom stereocenters. The fourth-order valence-corrected chi connectivity index (χ4v) is 2.29. The highest BCUT2D eigenvalue weighted by Crippen LogP contribution is 2.39. The molecule has 6 nitrogen and oxygen atoms in total. The molecule has 0 aliphatic heterocycles. The molecule has 1 aliphatic rings. The van der Waals surface area contributed by atoms with Gasteiger partial charge in [-0.2, -0.15) is 0 Å². The summed E-state index contributed by atoms with van der Waals surface area (Å²) >= 11 is 0. The first-order chi connectivity index (χ1) is 10.7. The van der Waals surface area contributed by atoms with Crippen molar-refractivity contribution in [2.24, 2.45) is 17.3 Å². The molecule has 1 aliphatic carbocycles. The lowest BCUT2D eigenvalue weighted by atomic mass is 10.2. The van der Waals surface area contributed by atoms with E-state index in [0.717, 1.165) is 17.3 Å². The Labute approximate surface area is 131 Å². The third kappa shape index (κ3) is 3.99. The second kappa shape index (κ2) is 7.29. The Bertz CT molecular complexity index is 641. The molecule has 1 fully saturated rings. The van der Waals surface area contributed by atoms with Crippen molar-refractivity contribution in [1.29, 1.82) is 0 Å². The number of nitrogens with two attached hydrogens (primary N) is 3. The normalized spacial score (nSPS) is 14.6. The molecule has 0 aromatic carbocycles. The van der Waals surface area contributed by atoms with Crippen LogP contribution in [0.2, 0.25) is 0 Å². The molecule has 2 heterocycles. The van der Waals surface area contributed by atoms with E-state index in [1.165, 1.54) is 23.4 Å². The van der Waals surface area contributed by atoms with E-state index in [9.17, 15) is 0 Å². The zero-order valence-corrected chi connectivity index (χ0v) is 13.4. The van der Waals surface area contributed by atoms with Gasteiger partial charge in [0.25, 0.3) is 0 Å². The average Bonchev–Trinajstić information content (AvgIpc) is 3.29. The molecule has 0 saturated heterocycles. The Balaban J connectivity index is 0.000000847. The summed E-state index contributed by atoms with van der Waals surface area (Å²) in [7, 11) is 0. The topological polar surface area (TPSA) is 98.6 Å². The second-order valence-corrected chi connectivity index (χ2v) is 5.31. The van der Waals surface area contributed by atoms with Crippen LogP contribution in [0.15, 0.2) is 36.4 Å². The lowest BCUT2D eigenvalue weighted by molar-refractivity contribution is 0.378. The van der Waals surface area contributed by atoms with E-state index < -0.39 is 0 Å². The maximum atomic E-state index is 5.86. The fourth-order valence-electron chi connectivity index (χ4n) is 2.29. The zero-order chi connectivity index (χ0) is 16.1. The van der Waals surface area contributed by atoms with Crippen molar-refractivity contribution in [2.45, 2.75) is 39.2 Å². The minimum absolute atomic E-state index is 0.295. The summed E-state index contributed by atoms with van der Waals surface area (Å²) in [5, 5.41) is 1.51. The number of fused-ring (bicyclic) bond motifs is 1. The molecule has 120 valence electrons. The van der Waals surface area contributed by atoms with Gasteiger partial charge in [0.1, 0.15) is 5.65 Å². The van der Waals surface area contributed by atoms with Crippen molar-refractivity contribution in [2.75, 3.05) is 6.54 Å². The maximum Gasteiger partial charge on any atom is 0.137 e. The van der Waals surface area contributed by atoms with Gasteiger partial charge in [-0.15, -0.1) is 0 Å². The molecule has 2 aromatic heterocycles. The van der Waals surface area contributed by atoms with Gasteiger partial charge in [0, 0.05) is 30.8 Å². The molecule has 3 rings (SSSR count). The summed E-state index contributed by atoms with van der Waals surface area (Å²) in [6.45, 7) is 4.80. The number of rotatable bonds is 5. The number of imidazole rings is 1. The van der Waals surface area contributed by atoms with Crippen LogP contribution in [0.1, 0.15) is 43.9 Å². The number of hydrogen-bond donors (Lipinski definition) is 3. The van der Waals surface area contributed by atoms with E-state index in [2.05, 4.69) is 27.7 Å². The summed E-state index contributed by atoms with van der Waals surface area (Å²) in [6.07, 6.45) is 8.40. The van der Waals surface area contributed by atoms with E-state index in [0.29, 0.717) is 18.8 Å². The van der Waals surface area contributed by atoms with E-state index in [1.807, 2.05) is 20.0 Å². The van der Waals surface area contributed by atoms with Gasteiger partial charge in [0.15, 0.2) is 0 Å². The van der Waals surface area contributed by atoms with Crippen molar-refractivity contribution in [3.05, 3.63) is 47.7 Å². The molecule has 22 heavy (non-hydrogen) atoms. The number of nitrogens with zero attached hydrogens (tertiary/aromatic N) is 3. The van der Waals surface area contributed by atoms with Crippen LogP contribution < -0.4 is 17.3 Å². The minimum Gasteiger partial charge on any atom is -0.400 e. The minimum atomic E-state index is 0.295. The molecule has 6 heteroatoms. The fraction of sp³-hybridized carbons (Fsp3) is 0.438. The van der Waals surface area contributed by atoms with Crippen molar-refractivity contribution in [3.63, 3.8) is 0 Å². The largest absolute Gasteiger partial charge is 0.400 e. The van der Waals surface area contributed by atoms with E-state index in [-0.39, 0.29) is 0 Å². The van der Waals surface area contributed by atoms with Crippen LogP contribution in [-0.4, -0.2) is 20.9 Å². The summed E-state index contributed by atoms with van der Waals surface area (Å²) in [6, 6.07) is 4.22. The quantitative estimate of drug-likeness (QED) is 0.576. The first-order valence-corrected chi connectivity index (χ1v) is 7.81. The van der Waals surface area contributed by atoms with Gasteiger partial charge in [-0.25, -0.2) is 10.8 Å². The number of aromatic nitrogens is 2. The number of hydrazine groups is 1.